The number of benzene rings is 3. The summed E-state index contributed by atoms with van der Waals surface area (Å²) >= 11 is 0. The minimum absolute atomic E-state index is 0.00305. The van der Waals surface area contributed by atoms with Crippen molar-refractivity contribution >= 4 is 16.8 Å². The van der Waals surface area contributed by atoms with E-state index >= 15 is 0 Å². The average molecular weight is 496 g/mol. The Hall–Kier alpha value is -3.70. The van der Waals surface area contributed by atoms with Gasteiger partial charge >= 0.3 is 5.63 Å². The van der Waals surface area contributed by atoms with Gasteiger partial charge in [-0.25, -0.2) is 4.79 Å². The summed E-state index contributed by atoms with van der Waals surface area (Å²) in [6, 6.07) is 25.7. The number of rotatable bonds is 8. The third kappa shape index (κ3) is 5.83. The number of ketones is 1. The molecule has 4 aromatic rings. The molecule has 0 bridgehead atoms. The molecule has 5 nitrogen and oxygen atoms in total. The molecule has 0 unspecified atom stereocenters. The van der Waals surface area contributed by atoms with Crippen molar-refractivity contribution in [1.29, 1.82) is 0 Å². The van der Waals surface area contributed by atoms with Crippen molar-refractivity contribution in [3.63, 3.8) is 0 Å². The topological polar surface area (TPSA) is 59.8 Å². The molecule has 1 aromatic heterocycles. The highest BCUT2D eigenvalue weighted by atomic mass is 16.5. The molecule has 5 heteroatoms. The Bertz CT molecular complexity index is 1380. The summed E-state index contributed by atoms with van der Waals surface area (Å²) in [5, 5.41) is 0.804. The molecule has 1 aliphatic rings. The number of carbonyl (C=O) groups excluding carboxylic acids is 1. The quantitative estimate of drug-likeness (QED) is 0.285. The Morgan fingerprint density at radius 3 is 2.22 bits per heavy atom. The Kier molecular flexibility index (Phi) is 7.52. The van der Waals surface area contributed by atoms with E-state index in [1.54, 1.807) is 6.07 Å². The first-order valence-electron chi connectivity index (χ1n) is 13.0. The Labute approximate surface area is 217 Å². The highest BCUT2D eigenvalue weighted by Crippen LogP contribution is 2.31. The van der Waals surface area contributed by atoms with Crippen LogP contribution in [0.2, 0.25) is 0 Å². The second-order valence-corrected chi connectivity index (χ2v) is 10.1. The predicted molar refractivity (Wildman–Crippen MR) is 146 cm³/mol. The third-order valence-electron chi connectivity index (χ3n) is 7.36. The molecule has 190 valence electrons. The highest BCUT2D eigenvalue weighted by molar-refractivity contribution is 5.85. The van der Waals surface area contributed by atoms with E-state index in [0.29, 0.717) is 17.6 Å². The molecule has 0 N–H and O–H groups in total. The molecule has 37 heavy (non-hydrogen) atoms. The number of aryl methyl sites for hydroxylation is 1. The number of piperidine rings is 1. The largest absolute Gasteiger partial charge is 0.490 e. The van der Waals surface area contributed by atoms with Gasteiger partial charge in [0.05, 0.1) is 0 Å². The van der Waals surface area contributed by atoms with Crippen LogP contribution in [-0.2, 0) is 11.2 Å². The van der Waals surface area contributed by atoms with Crippen molar-refractivity contribution < 1.29 is 13.9 Å². The van der Waals surface area contributed by atoms with E-state index in [-0.39, 0.29) is 24.2 Å². The van der Waals surface area contributed by atoms with E-state index in [4.69, 9.17) is 9.15 Å². The maximum absolute atomic E-state index is 13.2. The first kappa shape index (κ1) is 25.0. The van der Waals surface area contributed by atoms with Crippen LogP contribution in [0.15, 0.2) is 88.1 Å². The maximum atomic E-state index is 13.2. The number of ether oxygens (including phenoxy) is 1. The average Bonchev–Trinajstić information content (AvgIpc) is 2.92. The second-order valence-electron chi connectivity index (χ2n) is 10.1. The summed E-state index contributed by atoms with van der Waals surface area (Å²) in [5.41, 5.74) is 3.44. The molecule has 0 saturated carbocycles. The molecule has 3 aromatic carbocycles. The number of nitrogens with zero attached hydrogens (tertiary/aromatic N) is 1. The van der Waals surface area contributed by atoms with Gasteiger partial charge in [0.1, 0.15) is 23.2 Å². The van der Waals surface area contributed by atoms with Gasteiger partial charge in [-0.2, -0.15) is 0 Å². The lowest BCUT2D eigenvalue weighted by Crippen LogP contribution is -2.35. The Morgan fingerprint density at radius 1 is 0.973 bits per heavy atom. The smallest absolute Gasteiger partial charge is 0.339 e. The summed E-state index contributed by atoms with van der Waals surface area (Å²) in [7, 11) is 2.12. The van der Waals surface area contributed by atoms with Crippen LogP contribution in [0.5, 0.6) is 5.75 Å². The molecule has 0 radical (unpaired) electrons. The van der Waals surface area contributed by atoms with Crippen LogP contribution in [0.25, 0.3) is 11.0 Å². The SMILES string of the molecule is Cc1c(OC2CCN(C)CC2)ccc2cc(CC(=O)CC(c3ccccc3)c3ccccc3)c(=O)oc12. The fourth-order valence-corrected chi connectivity index (χ4v) is 5.19. The number of hydrogen-bond donors (Lipinski definition) is 0. The molecule has 5 rings (SSSR count). The van der Waals surface area contributed by atoms with E-state index < -0.39 is 5.63 Å². The molecule has 1 saturated heterocycles. The van der Waals surface area contributed by atoms with Crippen LogP contribution < -0.4 is 10.4 Å². The van der Waals surface area contributed by atoms with Gasteiger partial charge in [-0.3, -0.25) is 4.79 Å². The summed E-state index contributed by atoms with van der Waals surface area (Å²) in [5.74, 6) is 0.690. The van der Waals surface area contributed by atoms with Gasteiger partial charge < -0.3 is 14.1 Å². The van der Waals surface area contributed by atoms with E-state index in [1.807, 2.05) is 79.7 Å². The zero-order valence-corrected chi connectivity index (χ0v) is 21.5. The van der Waals surface area contributed by atoms with E-state index in [0.717, 1.165) is 53.8 Å². The van der Waals surface area contributed by atoms with Crippen molar-refractivity contribution in [2.24, 2.45) is 0 Å². The number of carbonyl (C=O) groups is 1. The van der Waals surface area contributed by atoms with Crippen LogP contribution in [0.3, 0.4) is 0 Å². The van der Waals surface area contributed by atoms with Gasteiger partial charge in [0, 0.05) is 48.4 Å². The molecular formula is C32H33NO4. The molecular weight excluding hydrogens is 462 g/mol. The third-order valence-corrected chi connectivity index (χ3v) is 7.36. The molecule has 1 aliphatic heterocycles. The van der Waals surface area contributed by atoms with Gasteiger partial charge in [0.25, 0.3) is 0 Å². The predicted octanol–water partition coefficient (Wildman–Crippen LogP) is 5.91. The second kappa shape index (κ2) is 11.1. The zero-order chi connectivity index (χ0) is 25.8. The van der Waals surface area contributed by atoms with Crippen molar-refractivity contribution in [2.75, 3.05) is 20.1 Å². The van der Waals surface area contributed by atoms with Gasteiger partial charge in [-0.1, -0.05) is 60.7 Å². The van der Waals surface area contributed by atoms with Gasteiger partial charge in [0.2, 0.25) is 0 Å². The number of fused-ring (bicyclic) bond motifs is 1. The molecule has 0 atom stereocenters. The van der Waals surface area contributed by atoms with Crippen LogP contribution in [0.4, 0.5) is 0 Å². The first-order valence-corrected chi connectivity index (χ1v) is 13.0. The Balaban J connectivity index is 1.35. The van der Waals surface area contributed by atoms with Crippen molar-refractivity contribution in [2.45, 2.75) is 44.6 Å². The summed E-state index contributed by atoms with van der Waals surface area (Å²) < 4.78 is 12.0. The Morgan fingerprint density at radius 2 is 1.59 bits per heavy atom. The summed E-state index contributed by atoms with van der Waals surface area (Å²) in [6.45, 7) is 3.95. The van der Waals surface area contributed by atoms with E-state index in [2.05, 4.69) is 11.9 Å². The molecule has 1 fully saturated rings. The maximum Gasteiger partial charge on any atom is 0.339 e. The zero-order valence-electron chi connectivity index (χ0n) is 21.5. The van der Waals surface area contributed by atoms with Gasteiger partial charge in [-0.15, -0.1) is 0 Å². The summed E-state index contributed by atoms with van der Waals surface area (Å²) in [4.78, 5) is 28.4. The lowest BCUT2D eigenvalue weighted by molar-refractivity contribution is -0.118. The number of hydrogen-bond acceptors (Lipinski definition) is 5. The summed E-state index contributed by atoms with van der Waals surface area (Å²) in [6.07, 6.45) is 2.48. The lowest BCUT2D eigenvalue weighted by atomic mass is 9.86. The number of likely N-dealkylation sites (tertiary alicyclic amines) is 1. The lowest BCUT2D eigenvalue weighted by Gasteiger charge is -2.29. The van der Waals surface area contributed by atoms with Gasteiger partial charge in [-0.05, 0) is 56.1 Å². The van der Waals surface area contributed by atoms with Crippen molar-refractivity contribution in [3.8, 4) is 5.75 Å². The minimum Gasteiger partial charge on any atom is -0.490 e. The van der Waals surface area contributed by atoms with E-state index in [1.165, 1.54) is 0 Å². The molecule has 0 aliphatic carbocycles. The first-order chi connectivity index (χ1) is 18.0. The van der Waals surface area contributed by atoms with Crippen molar-refractivity contribution in [3.05, 3.63) is 112 Å². The minimum atomic E-state index is -0.462. The standard InChI is InChI=1S/C32H33NO4/c1-22-30(36-28-15-17-33(2)18-16-28)14-13-25-19-26(32(35)37-31(22)25)20-27(34)21-29(23-9-5-3-6-10-23)24-11-7-4-8-12-24/h3-14,19,28-29H,15-18,20-21H2,1-2H3. The fraction of sp³-hybridized carbons (Fsp3) is 0.312. The van der Waals surface area contributed by atoms with Crippen LogP contribution in [0.1, 0.15) is 47.4 Å². The number of Topliss-reactive ketones (excluding diaryl/α,β-unsaturated/α-hetero) is 1. The van der Waals surface area contributed by atoms with Gasteiger partial charge in [0.15, 0.2) is 0 Å². The fourth-order valence-electron chi connectivity index (χ4n) is 5.19. The monoisotopic (exact) mass is 495 g/mol. The normalized spacial score (nSPS) is 14.8. The molecule has 2 heterocycles. The highest BCUT2D eigenvalue weighted by Gasteiger charge is 2.22. The van der Waals surface area contributed by atoms with Crippen LogP contribution in [-0.4, -0.2) is 36.9 Å². The van der Waals surface area contributed by atoms with Crippen LogP contribution >= 0.6 is 0 Å². The molecule has 0 amide bonds. The van der Waals surface area contributed by atoms with Crippen LogP contribution in [0, 0.1) is 6.92 Å². The van der Waals surface area contributed by atoms with Crippen molar-refractivity contribution in [1.82, 2.24) is 4.90 Å². The van der Waals surface area contributed by atoms with E-state index in [9.17, 15) is 9.59 Å². The molecule has 0 spiro atoms.